The second-order valence-electron chi connectivity index (χ2n) is 7.00. The molecule has 0 aliphatic rings. The molecule has 152 valence electrons. The van der Waals surface area contributed by atoms with Gasteiger partial charge in [0.05, 0.1) is 22.6 Å². The molecule has 5 nitrogen and oxygen atoms in total. The Morgan fingerprint density at radius 2 is 1.90 bits per heavy atom. The van der Waals surface area contributed by atoms with Gasteiger partial charge in [0.1, 0.15) is 11.7 Å². The number of aromatic nitrogens is 2. The van der Waals surface area contributed by atoms with Crippen LogP contribution in [0.1, 0.15) is 37.7 Å². The number of benzene rings is 2. The molecule has 1 atom stereocenters. The minimum Gasteiger partial charge on any atom is -0.332 e. The minimum atomic E-state index is -0.446. The highest BCUT2D eigenvalue weighted by molar-refractivity contribution is 6.31. The van der Waals surface area contributed by atoms with Crippen molar-refractivity contribution in [1.82, 2.24) is 14.5 Å². The second-order valence-corrected chi connectivity index (χ2v) is 7.71. The molecule has 0 aliphatic carbocycles. The molecule has 0 bridgehead atoms. The SMILES string of the molecule is CCCN(C(=O)CCl)C(C)c1nc2cc(Cl)ccc2c(=O)n1-c1ccc(C)cc1. The summed E-state index contributed by atoms with van der Waals surface area (Å²) >= 11 is 12.0. The molecule has 0 radical (unpaired) electrons. The number of rotatable bonds is 6. The van der Waals surface area contributed by atoms with Crippen molar-refractivity contribution < 1.29 is 4.79 Å². The van der Waals surface area contributed by atoms with Gasteiger partial charge in [0, 0.05) is 11.6 Å². The summed E-state index contributed by atoms with van der Waals surface area (Å²) in [5.41, 5.74) is 2.08. The van der Waals surface area contributed by atoms with E-state index in [1.54, 1.807) is 27.7 Å². The highest BCUT2D eigenvalue weighted by Gasteiger charge is 2.26. The first-order chi connectivity index (χ1) is 13.9. The van der Waals surface area contributed by atoms with Gasteiger partial charge in [-0.15, -0.1) is 11.6 Å². The van der Waals surface area contributed by atoms with Crippen LogP contribution in [0.4, 0.5) is 0 Å². The average molecular weight is 432 g/mol. The lowest BCUT2D eigenvalue weighted by Gasteiger charge is -2.30. The predicted molar refractivity (Wildman–Crippen MR) is 118 cm³/mol. The lowest BCUT2D eigenvalue weighted by Crippen LogP contribution is -2.38. The number of hydrogen-bond donors (Lipinski definition) is 0. The third kappa shape index (κ3) is 4.31. The van der Waals surface area contributed by atoms with E-state index >= 15 is 0 Å². The van der Waals surface area contributed by atoms with Gasteiger partial charge >= 0.3 is 0 Å². The maximum Gasteiger partial charge on any atom is 0.266 e. The Hall–Kier alpha value is -2.37. The van der Waals surface area contributed by atoms with Crippen molar-refractivity contribution in [2.75, 3.05) is 12.4 Å². The molecule has 1 heterocycles. The minimum absolute atomic E-state index is 0.126. The van der Waals surface area contributed by atoms with Crippen molar-refractivity contribution in [2.24, 2.45) is 0 Å². The highest BCUT2D eigenvalue weighted by atomic mass is 35.5. The number of nitrogens with zero attached hydrogens (tertiary/aromatic N) is 3. The molecule has 0 N–H and O–H groups in total. The van der Waals surface area contributed by atoms with Crippen LogP contribution in [0.2, 0.25) is 5.02 Å². The van der Waals surface area contributed by atoms with Crippen molar-refractivity contribution in [3.05, 3.63) is 69.2 Å². The van der Waals surface area contributed by atoms with Gasteiger partial charge < -0.3 is 4.90 Å². The quantitative estimate of drug-likeness (QED) is 0.522. The van der Waals surface area contributed by atoms with Crippen molar-refractivity contribution in [3.63, 3.8) is 0 Å². The van der Waals surface area contributed by atoms with E-state index in [0.717, 1.165) is 12.0 Å². The summed E-state index contributed by atoms with van der Waals surface area (Å²) in [6.45, 7) is 6.35. The van der Waals surface area contributed by atoms with E-state index in [2.05, 4.69) is 0 Å². The Bertz CT molecular complexity index is 1090. The Labute approximate surface area is 179 Å². The highest BCUT2D eigenvalue weighted by Crippen LogP contribution is 2.24. The number of fused-ring (bicyclic) bond motifs is 1. The van der Waals surface area contributed by atoms with E-state index in [-0.39, 0.29) is 17.3 Å². The van der Waals surface area contributed by atoms with Crippen LogP contribution >= 0.6 is 23.2 Å². The number of carbonyl (C=O) groups is 1. The van der Waals surface area contributed by atoms with Crippen LogP contribution in [0.25, 0.3) is 16.6 Å². The first kappa shape index (κ1) is 21.3. The first-order valence-corrected chi connectivity index (χ1v) is 10.4. The van der Waals surface area contributed by atoms with Gasteiger partial charge in [-0.1, -0.05) is 36.2 Å². The van der Waals surface area contributed by atoms with Crippen LogP contribution in [0.3, 0.4) is 0 Å². The monoisotopic (exact) mass is 431 g/mol. The molecule has 1 aromatic heterocycles. The zero-order chi connectivity index (χ0) is 21.1. The molecule has 2 aromatic carbocycles. The van der Waals surface area contributed by atoms with Crippen molar-refractivity contribution in [1.29, 1.82) is 0 Å². The fourth-order valence-electron chi connectivity index (χ4n) is 3.39. The van der Waals surface area contributed by atoms with Crippen LogP contribution in [-0.2, 0) is 4.79 Å². The number of hydrogen-bond acceptors (Lipinski definition) is 3. The lowest BCUT2D eigenvalue weighted by molar-refractivity contribution is -0.130. The molecule has 1 unspecified atom stereocenters. The molecular formula is C22H23Cl2N3O2. The van der Waals surface area contributed by atoms with Gasteiger partial charge in [0.25, 0.3) is 5.56 Å². The zero-order valence-corrected chi connectivity index (χ0v) is 18.2. The molecule has 0 saturated heterocycles. The molecule has 0 saturated carbocycles. The normalized spacial score (nSPS) is 12.2. The number of halogens is 2. The summed E-state index contributed by atoms with van der Waals surface area (Å²) in [5, 5.41) is 0.968. The summed E-state index contributed by atoms with van der Waals surface area (Å²) in [7, 11) is 0. The summed E-state index contributed by atoms with van der Waals surface area (Å²) in [5.74, 6) is 0.149. The topological polar surface area (TPSA) is 55.2 Å². The van der Waals surface area contributed by atoms with Gasteiger partial charge in [-0.05, 0) is 50.6 Å². The fourth-order valence-corrected chi connectivity index (χ4v) is 3.71. The van der Waals surface area contributed by atoms with Crippen molar-refractivity contribution in [2.45, 2.75) is 33.2 Å². The van der Waals surface area contributed by atoms with Gasteiger partial charge in [0.15, 0.2) is 0 Å². The predicted octanol–water partition coefficient (Wildman–Crippen LogP) is 4.89. The first-order valence-electron chi connectivity index (χ1n) is 9.52. The van der Waals surface area contributed by atoms with Crippen LogP contribution in [0.15, 0.2) is 47.3 Å². The van der Waals surface area contributed by atoms with Crippen molar-refractivity contribution >= 4 is 40.0 Å². The third-order valence-corrected chi connectivity index (χ3v) is 5.35. The van der Waals surface area contributed by atoms with Crippen LogP contribution < -0.4 is 5.56 Å². The van der Waals surface area contributed by atoms with Gasteiger partial charge in [-0.3, -0.25) is 14.2 Å². The van der Waals surface area contributed by atoms with E-state index < -0.39 is 6.04 Å². The summed E-state index contributed by atoms with van der Waals surface area (Å²) < 4.78 is 1.57. The van der Waals surface area contributed by atoms with Gasteiger partial charge in [-0.25, -0.2) is 4.98 Å². The smallest absolute Gasteiger partial charge is 0.266 e. The Morgan fingerprint density at radius 1 is 1.21 bits per heavy atom. The standard InChI is InChI=1S/C22H23Cl2N3O2/c1-4-11-26(20(28)13-23)15(3)21-25-19-12-16(24)7-10-18(19)22(29)27(21)17-8-5-14(2)6-9-17/h5-10,12,15H,4,11,13H2,1-3H3. The van der Waals surface area contributed by atoms with E-state index in [0.29, 0.717) is 34.0 Å². The molecule has 0 fully saturated rings. The molecular weight excluding hydrogens is 409 g/mol. The maximum absolute atomic E-state index is 13.4. The van der Waals surface area contributed by atoms with Gasteiger partial charge in [0.2, 0.25) is 5.91 Å². The summed E-state index contributed by atoms with van der Waals surface area (Å²) in [6.07, 6.45) is 0.765. The van der Waals surface area contributed by atoms with Crippen LogP contribution in [-0.4, -0.2) is 32.8 Å². The molecule has 29 heavy (non-hydrogen) atoms. The van der Waals surface area contributed by atoms with E-state index in [1.807, 2.05) is 45.0 Å². The third-order valence-electron chi connectivity index (χ3n) is 4.89. The average Bonchev–Trinajstić information content (AvgIpc) is 2.71. The number of amides is 1. The van der Waals surface area contributed by atoms with Gasteiger partial charge in [-0.2, -0.15) is 0 Å². The molecule has 3 rings (SSSR count). The Kier molecular flexibility index (Phi) is 6.60. The van der Waals surface area contributed by atoms with Crippen LogP contribution in [0.5, 0.6) is 0 Å². The Morgan fingerprint density at radius 3 is 2.52 bits per heavy atom. The summed E-state index contributed by atoms with van der Waals surface area (Å²) in [6, 6.07) is 12.2. The summed E-state index contributed by atoms with van der Waals surface area (Å²) in [4.78, 5) is 32.3. The molecule has 0 aliphatic heterocycles. The number of carbonyl (C=O) groups excluding carboxylic acids is 1. The molecule has 3 aromatic rings. The second kappa shape index (κ2) is 8.97. The van der Waals surface area contributed by atoms with E-state index in [9.17, 15) is 9.59 Å². The fraction of sp³-hybridized carbons (Fsp3) is 0.318. The van der Waals surface area contributed by atoms with E-state index in [1.165, 1.54) is 0 Å². The maximum atomic E-state index is 13.4. The van der Waals surface area contributed by atoms with E-state index in [4.69, 9.17) is 28.2 Å². The Balaban J connectivity index is 2.30. The molecule has 7 heteroatoms. The van der Waals surface area contributed by atoms with Crippen LogP contribution in [0, 0.1) is 6.92 Å². The number of aryl methyl sites for hydroxylation is 1. The zero-order valence-electron chi connectivity index (χ0n) is 16.7. The molecule has 0 spiro atoms. The number of alkyl halides is 1. The lowest BCUT2D eigenvalue weighted by atomic mass is 10.1. The van der Waals surface area contributed by atoms with Crippen molar-refractivity contribution in [3.8, 4) is 5.69 Å². The largest absolute Gasteiger partial charge is 0.332 e. The molecule has 1 amide bonds.